The first-order chi connectivity index (χ1) is 9.65. The van der Waals surface area contributed by atoms with Crippen molar-refractivity contribution >= 4 is 12.1 Å². The third kappa shape index (κ3) is 7.57. The summed E-state index contributed by atoms with van der Waals surface area (Å²) in [7, 11) is 0. The van der Waals surface area contributed by atoms with Crippen LogP contribution in [0.4, 0.5) is 4.79 Å². The molecule has 0 radical (unpaired) electrons. The minimum atomic E-state index is -0.898. The Balaban J connectivity index is 0.00000441. The normalized spacial score (nSPS) is 17.4. The molecule has 22 heavy (non-hydrogen) atoms. The van der Waals surface area contributed by atoms with E-state index >= 15 is 0 Å². The number of nitrogens with zero attached hydrogens (tertiary/aromatic N) is 1. The van der Waals surface area contributed by atoms with Crippen molar-refractivity contribution in [2.75, 3.05) is 19.7 Å². The third-order valence-electron chi connectivity index (χ3n) is 3.45. The molecule has 1 heterocycles. The fourth-order valence-corrected chi connectivity index (χ4v) is 2.25. The van der Waals surface area contributed by atoms with Crippen LogP contribution >= 0.6 is 0 Å². The second kappa shape index (κ2) is 8.85. The van der Waals surface area contributed by atoms with Crippen LogP contribution in [0.3, 0.4) is 0 Å². The van der Waals surface area contributed by atoms with Crippen molar-refractivity contribution in [3.63, 3.8) is 0 Å². The van der Waals surface area contributed by atoms with E-state index in [1.54, 1.807) is 11.8 Å². The SMILES string of the molecule is CCOC(=O)CCC1(O)CCN(C(=O)OC(C)(C)C)CC1.[Pd]. The molecule has 0 aromatic carbocycles. The van der Waals surface area contributed by atoms with Gasteiger partial charge in [0.1, 0.15) is 5.60 Å². The zero-order valence-electron chi connectivity index (χ0n) is 13.8. The van der Waals surface area contributed by atoms with E-state index in [4.69, 9.17) is 9.47 Å². The Bertz CT molecular complexity index is 373. The molecule has 1 rings (SSSR count). The van der Waals surface area contributed by atoms with Gasteiger partial charge in [0.2, 0.25) is 0 Å². The van der Waals surface area contributed by atoms with Crippen LogP contribution in [0.5, 0.6) is 0 Å². The number of amides is 1. The molecule has 6 nitrogen and oxygen atoms in total. The Morgan fingerprint density at radius 3 is 2.23 bits per heavy atom. The Morgan fingerprint density at radius 2 is 1.77 bits per heavy atom. The summed E-state index contributed by atoms with van der Waals surface area (Å²) in [6.45, 7) is 8.46. The minimum Gasteiger partial charge on any atom is -0.466 e. The average Bonchev–Trinajstić information content (AvgIpc) is 2.36. The van der Waals surface area contributed by atoms with E-state index in [1.807, 2.05) is 20.8 Å². The average molecular weight is 408 g/mol. The van der Waals surface area contributed by atoms with E-state index in [1.165, 1.54) is 0 Å². The van der Waals surface area contributed by atoms with Gasteiger partial charge in [-0.15, -0.1) is 0 Å². The molecule has 132 valence electrons. The molecule has 1 fully saturated rings. The Kier molecular flexibility index (Phi) is 8.60. The maximum Gasteiger partial charge on any atom is 0.410 e. The summed E-state index contributed by atoms with van der Waals surface area (Å²) >= 11 is 0. The van der Waals surface area contributed by atoms with Crippen LogP contribution < -0.4 is 0 Å². The molecule has 1 amide bonds. The maximum atomic E-state index is 11.9. The molecule has 1 saturated heterocycles. The van der Waals surface area contributed by atoms with Gasteiger partial charge in [0, 0.05) is 39.9 Å². The van der Waals surface area contributed by atoms with Gasteiger partial charge in [0.25, 0.3) is 0 Å². The Hall–Kier alpha value is -0.638. The van der Waals surface area contributed by atoms with Crippen molar-refractivity contribution in [2.24, 2.45) is 0 Å². The molecule has 0 spiro atoms. The maximum absolute atomic E-state index is 11.9. The van der Waals surface area contributed by atoms with Crippen molar-refractivity contribution in [3.8, 4) is 0 Å². The van der Waals surface area contributed by atoms with E-state index in [-0.39, 0.29) is 38.9 Å². The number of carbonyl (C=O) groups excluding carboxylic acids is 2. The molecule has 1 aliphatic rings. The number of carbonyl (C=O) groups is 2. The van der Waals surface area contributed by atoms with Crippen LogP contribution in [0.25, 0.3) is 0 Å². The van der Waals surface area contributed by atoms with Gasteiger partial charge in [-0.05, 0) is 47.0 Å². The summed E-state index contributed by atoms with van der Waals surface area (Å²) < 4.78 is 10.2. The van der Waals surface area contributed by atoms with Gasteiger partial charge in [0.05, 0.1) is 12.2 Å². The van der Waals surface area contributed by atoms with Gasteiger partial charge in [-0.25, -0.2) is 4.79 Å². The van der Waals surface area contributed by atoms with Gasteiger partial charge >= 0.3 is 12.1 Å². The number of hydrogen-bond acceptors (Lipinski definition) is 5. The molecule has 1 N–H and O–H groups in total. The van der Waals surface area contributed by atoms with Crippen LogP contribution in [0.1, 0.15) is 53.4 Å². The molecule has 0 aromatic rings. The number of likely N-dealkylation sites (tertiary alicyclic amines) is 1. The van der Waals surface area contributed by atoms with Crippen LogP contribution in [0.15, 0.2) is 0 Å². The number of piperidine rings is 1. The second-order valence-electron chi connectivity index (χ2n) is 6.50. The number of esters is 1. The largest absolute Gasteiger partial charge is 0.466 e. The number of ether oxygens (including phenoxy) is 2. The van der Waals surface area contributed by atoms with Crippen molar-refractivity contribution in [1.82, 2.24) is 4.90 Å². The summed E-state index contributed by atoms with van der Waals surface area (Å²) in [4.78, 5) is 24.9. The summed E-state index contributed by atoms with van der Waals surface area (Å²) in [5.41, 5.74) is -1.42. The first-order valence-corrected chi connectivity index (χ1v) is 7.51. The predicted molar refractivity (Wildman–Crippen MR) is 77.9 cm³/mol. The van der Waals surface area contributed by atoms with E-state index in [0.717, 1.165) is 0 Å². The standard InChI is InChI=1S/C15H27NO5.Pd/c1-5-20-12(17)6-7-15(19)8-10-16(11-9-15)13(18)21-14(2,3)4;/h19H,5-11H2,1-4H3;. The minimum absolute atomic E-state index is 0. The molecule has 0 aliphatic carbocycles. The fraction of sp³-hybridized carbons (Fsp3) is 0.867. The summed E-state index contributed by atoms with van der Waals surface area (Å²) in [5, 5.41) is 10.4. The molecule has 7 heteroatoms. The van der Waals surface area contributed by atoms with E-state index in [0.29, 0.717) is 39.0 Å². The van der Waals surface area contributed by atoms with Crippen LogP contribution in [-0.2, 0) is 34.7 Å². The molecule has 0 atom stereocenters. The molecule has 0 bridgehead atoms. The first kappa shape index (κ1) is 21.4. The van der Waals surface area contributed by atoms with E-state index in [9.17, 15) is 14.7 Å². The Labute approximate surface area is 146 Å². The number of aliphatic hydroxyl groups is 1. The van der Waals surface area contributed by atoms with Crippen LogP contribution in [0, 0.1) is 0 Å². The first-order valence-electron chi connectivity index (χ1n) is 7.51. The number of hydrogen-bond donors (Lipinski definition) is 1. The van der Waals surface area contributed by atoms with Crippen molar-refractivity contribution in [1.29, 1.82) is 0 Å². The van der Waals surface area contributed by atoms with Gasteiger partial charge in [0.15, 0.2) is 0 Å². The number of rotatable bonds is 4. The van der Waals surface area contributed by atoms with Gasteiger partial charge in [-0.3, -0.25) is 4.79 Å². The van der Waals surface area contributed by atoms with Crippen molar-refractivity contribution in [3.05, 3.63) is 0 Å². The zero-order valence-corrected chi connectivity index (χ0v) is 15.3. The topological polar surface area (TPSA) is 76.1 Å². The fourth-order valence-electron chi connectivity index (χ4n) is 2.25. The molecule has 0 saturated carbocycles. The zero-order chi connectivity index (χ0) is 16.1. The monoisotopic (exact) mass is 407 g/mol. The van der Waals surface area contributed by atoms with Gasteiger partial charge < -0.3 is 19.5 Å². The summed E-state index contributed by atoms with van der Waals surface area (Å²) in [5.74, 6) is -0.291. The van der Waals surface area contributed by atoms with Gasteiger partial charge in [-0.1, -0.05) is 0 Å². The van der Waals surface area contributed by atoms with Crippen molar-refractivity contribution < 1.29 is 44.6 Å². The summed E-state index contributed by atoms with van der Waals surface area (Å²) in [6.07, 6.45) is 1.12. The van der Waals surface area contributed by atoms with Crippen molar-refractivity contribution in [2.45, 2.75) is 64.6 Å². The van der Waals surface area contributed by atoms with E-state index in [2.05, 4.69) is 0 Å². The smallest absolute Gasteiger partial charge is 0.410 e. The molecular weight excluding hydrogens is 381 g/mol. The molecule has 0 aromatic heterocycles. The predicted octanol–water partition coefficient (Wildman–Crippen LogP) is 2.09. The third-order valence-corrected chi connectivity index (χ3v) is 3.45. The van der Waals surface area contributed by atoms with Gasteiger partial charge in [-0.2, -0.15) is 0 Å². The van der Waals surface area contributed by atoms with E-state index < -0.39 is 11.2 Å². The summed E-state index contributed by atoms with van der Waals surface area (Å²) in [6, 6.07) is 0. The molecule has 1 aliphatic heterocycles. The molecular formula is C15H27NO5Pd. The van der Waals surface area contributed by atoms with Crippen LogP contribution in [0.2, 0.25) is 0 Å². The quantitative estimate of drug-likeness (QED) is 0.570. The Morgan fingerprint density at radius 1 is 1.23 bits per heavy atom. The molecule has 0 unspecified atom stereocenters. The second-order valence-corrected chi connectivity index (χ2v) is 6.50. The van der Waals surface area contributed by atoms with Crippen LogP contribution in [-0.4, -0.2) is 53.0 Å².